The fraction of sp³-hybridized carbons (Fsp3) is 0.588. The Balaban J connectivity index is 0.000000508. The van der Waals surface area contributed by atoms with Gasteiger partial charge in [-0.2, -0.15) is 39.5 Å². The van der Waals surface area contributed by atoms with Crippen LogP contribution in [0.1, 0.15) is 357 Å². The molecule has 0 N–H and O–H groups in total. The molecule has 0 saturated heterocycles. The maximum absolute atomic E-state index is 13.8. The van der Waals surface area contributed by atoms with E-state index in [2.05, 4.69) is 158 Å². The molecule has 7 rings (SSSR count). The highest BCUT2D eigenvalue weighted by Crippen LogP contribution is 2.52. The molecule has 0 saturated carbocycles. The average molecular weight is 1560 g/mol. The minimum atomic E-state index is -4.91. The molecule has 7 aromatic rings. The van der Waals surface area contributed by atoms with Crippen LogP contribution in [0.3, 0.4) is 0 Å². The highest BCUT2D eigenvalue weighted by Gasteiger charge is 2.53. The Bertz CT molecular complexity index is 4470. The molecule has 0 heterocycles. The van der Waals surface area contributed by atoms with Crippen LogP contribution in [-0.4, -0.2) is 18.5 Å². The summed E-state index contributed by atoms with van der Waals surface area (Å²) in [4.78, 5) is 0. The van der Waals surface area contributed by atoms with Gasteiger partial charge in [0.25, 0.3) is 0 Å². The maximum Gasteiger partial charge on any atom is 0.394 e. The molecule has 0 spiro atoms. The lowest BCUT2D eigenvalue weighted by Gasteiger charge is -2.39. The van der Waals surface area contributed by atoms with Crippen molar-refractivity contribution in [2.75, 3.05) is 0 Å². The highest BCUT2D eigenvalue weighted by molar-refractivity contribution is 5.68. The van der Waals surface area contributed by atoms with Crippen LogP contribution in [0.25, 0.3) is 11.1 Å². The molecule has 0 nitrogen and oxygen atoms in total. The lowest BCUT2D eigenvalue weighted by atomic mass is 9.68. The summed E-state index contributed by atoms with van der Waals surface area (Å²) in [5.41, 5.74) is 0.171. The summed E-state index contributed by atoms with van der Waals surface area (Å²) in [5, 5.41) is 0. The third-order valence-electron chi connectivity index (χ3n) is 19.0. The summed E-state index contributed by atoms with van der Waals surface area (Å²) in [6.07, 6.45) is -23.8. The second kappa shape index (κ2) is 38.1. The van der Waals surface area contributed by atoms with Gasteiger partial charge in [-0.3, -0.25) is 0 Å². The van der Waals surface area contributed by atoms with E-state index in [9.17, 15) is 39.5 Å². The van der Waals surface area contributed by atoms with Gasteiger partial charge in [-0.15, -0.1) is 0 Å². The van der Waals surface area contributed by atoms with E-state index in [1.165, 1.54) is 41.0 Å². The summed E-state index contributed by atoms with van der Waals surface area (Å²) in [6.45, 7) is 66.1. The third kappa shape index (κ3) is 31.6. The van der Waals surface area contributed by atoms with E-state index in [-0.39, 0.29) is 55.2 Å². The molecule has 0 fully saturated rings. The number of hydrogen-bond donors (Lipinski definition) is 0. The molecule has 2 unspecified atom stereocenters. The Kier molecular flexibility index (Phi) is 28.0. The van der Waals surface area contributed by atoms with Crippen molar-refractivity contribution in [3.8, 4) is 11.1 Å². The number of rotatable bonds is 12. The molecular weight excluding hydrogens is 1400 g/mol. The molecule has 9 heteroatoms. The summed E-state index contributed by atoms with van der Waals surface area (Å²) in [6, 6.07) is 51.0. The van der Waals surface area contributed by atoms with Gasteiger partial charge >= 0.3 is 18.5 Å². The summed E-state index contributed by atoms with van der Waals surface area (Å²) in [7, 11) is 0. The van der Waals surface area contributed by atoms with Gasteiger partial charge in [-0.1, -0.05) is 420 Å². The zero-order chi connectivity index (χ0) is 97.3. The molecule has 7 aromatic carbocycles. The predicted octanol–water partition coefficient (Wildman–Crippen LogP) is 33.1. The van der Waals surface area contributed by atoms with E-state index < -0.39 is 100 Å². The highest BCUT2D eigenvalue weighted by atomic mass is 19.4. The van der Waals surface area contributed by atoms with Gasteiger partial charge in [-0.25, -0.2) is 0 Å². The van der Waals surface area contributed by atoms with E-state index in [0.29, 0.717) is 5.56 Å². The summed E-state index contributed by atoms with van der Waals surface area (Å²) in [5.74, 6) is -3.11. The lowest BCUT2D eigenvalue weighted by molar-refractivity contribution is -0.218. The van der Waals surface area contributed by atoms with Crippen LogP contribution in [0.2, 0.25) is 0 Å². The molecule has 0 amide bonds. The zero-order valence-electron chi connectivity index (χ0n) is 87.1. The van der Waals surface area contributed by atoms with E-state index in [0.717, 1.165) is 87.4 Å². The Labute approximate surface area is 689 Å². The van der Waals surface area contributed by atoms with Crippen LogP contribution < -0.4 is 0 Å². The minimum Gasteiger partial charge on any atom is -0.171 e. The third-order valence-corrected chi connectivity index (χ3v) is 19.0. The van der Waals surface area contributed by atoms with Gasteiger partial charge in [0.1, 0.15) is 0 Å². The molecule has 0 bridgehead atoms. The van der Waals surface area contributed by atoms with Crippen LogP contribution in [0, 0.1) is 38.4 Å². The molecule has 622 valence electrons. The van der Waals surface area contributed by atoms with Crippen molar-refractivity contribution < 1.29 is 56.0 Å². The van der Waals surface area contributed by atoms with Crippen molar-refractivity contribution in [3.63, 3.8) is 0 Å². The second-order valence-electron chi connectivity index (χ2n) is 40.7. The van der Waals surface area contributed by atoms with Gasteiger partial charge in [0, 0.05) is 16.4 Å². The Hall–Kier alpha value is -6.09. The molecule has 0 aliphatic heterocycles. The first kappa shape index (κ1) is 81.5. The number of alkyl halides is 9. The van der Waals surface area contributed by atoms with Crippen LogP contribution >= 0.6 is 0 Å². The molecule has 0 aromatic heterocycles. The maximum atomic E-state index is 13.8. The lowest BCUT2D eigenvalue weighted by Crippen LogP contribution is -2.38. The topological polar surface area (TPSA) is 0 Å². The Morgan fingerprint density at radius 3 is 0.883 bits per heavy atom. The van der Waals surface area contributed by atoms with Crippen LogP contribution in [0.15, 0.2) is 164 Å². The minimum absolute atomic E-state index is 0.0119. The van der Waals surface area contributed by atoms with E-state index in [1.807, 2.05) is 150 Å². The van der Waals surface area contributed by atoms with Gasteiger partial charge in [-0.05, 0) is 182 Å². The largest absolute Gasteiger partial charge is 0.394 e. The zero-order valence-corrected chi connectivity index (χ0v) is 75.1. The monoisotopic (exact) mass is 1560 g/mol. The number of hydrogen-bond acceptors (Lipinski definition) is 0. The Morgan fingerprint density at radius 1 is 0.279 bits per heavy atom. The Morgan fingerprint density at radius 2 is 0.559 bits per heavy atom. The smallest absolute Gasteiger partial charge is 0.171 e. The van der Waals surface area contributed by atoms with Gasteiger partial charge in [0.05, 0.1) is 16.2 Å². The summed E-state index contributed by atoms with van der Waals surface area (Å²) >= 11 is 0. The van der Waals surface area contributed by atoms with Crippen molar-refractivity contribution in [2.45, 2.75) is 351 Å². The van der Waals surface area contributed by atoms with E-state index >= 15 is 0 Å². The summed E-state index contributed by atoms with van der Waals surface area (Å²) < 4.78 is 224. The van der Waals surface area contributed by atoms with Crippen molar-refractivity contribution in [1.29, 1.82) is 0 Å². The van der Waals surface area contributed by atoms with Gasteiger partial charge < -0.3 is 0 Å². The van der Waals surface area contributed by atoms with Gasteiger partial charge in [0.15, 0.2) is 0 Å². The first-order valence-electron chi connectivity index (χ1n) is 45.1. The molecular formula is C102H151F9. The first-order valence-corrected chi connectivity index (χ1v) is 39.1. The van der Waals surface area contributed by atoms with Crippen molar-refractivity contribution in [1.82, 2.24) is 0 Å². The second-order valence-corrected chi connectivity index (χ2v) is 40.7. The SMILES string of the molecule is CC(C)(C)c1ccccc1-c1ccccc1.[2H]C([2H])(c1cccc(C([2H])(C)C(C)(C)C(F)(F)F)c1C(C)(C)C)C(C)(C)C(F)(F)F.[2H]C([2H])(c1cccc(C([2H])(C)C(C)(C)C)c1C(C)(C)C)C(C)(C)C.[2H]C([2H])(c1ccccc1C(C)(C)C)C(C)(C)C.[2H]C([2H])(c1ccccc1C(C)(C)C)C(C)(C)C(F)(F)F.[2H]C([2H])(c1ccccc1C(C)(C)C)C(C)C. The van der Waals surface area contributed by atoms with Crippen LogP contribution in [0.5, 0.6) is 0 Å². The molecule has 0 radical (unpaired) electrons. The molecule has 2 atom stereocenters. The standard InChI is InChI=1S/C21H30F6.C21H36.C16H18.C15H21F3.C15H24.C14H22/c1-13(19(7,8)21(25,26)27)15-11-9-10-14(16(15)17(2,3)4)12-18(5,6)20(22,23)24;1-15(20(5,6)7)17-13-11-12-16(14-19(2,3)4)18(17)21(8,9)10;1-16(2,3)15-12-8-7-11-14(15)13-9-5-4-6-10-13;1-13(2,3)12-9-7-6-8-11(12)10-14(4,5)15(16,17)18;1-14(2,3)11-12-9-7-8-10-13(12)15(4,5)6;1-11(2)10-12-8-6-7-9-13(12)14(3,4)5/h9-11,13H,12H2,1-8H3;11-13,15H,14H2,1-10H3;4-12H,1-3H3;6-9H,10H2,1-5H3;7-10H,11H2,1-6H3;6-9,11H,10H2,1-5H3/i12D2,13D;14D2,15D;;10D2;11D2;10D2. The number of benzene rings is 7. The molecule has 0 aliphatic carbocycles. The van der Waals surface area contributed by atoms with Crippen LogP contribution in [0.4, 0.5) is 39.5 Å². The number of halogens is 9. The molecule has 0 aliphatic rings. The fourth-order valence-corrected chi connectivity index (χ4v) is 12.2. The quantitative estimate of drug-likeness (QED) is 0.107. The molecule has 111 heavy (non-hydrogen) atoms. The van der Waals surface area contributed by atoms with E-state index in [4.69, 9.17) is 16.4 Å². The first-order chi connectivity index (χ1) is 54.2. The van der Waals surface area contributed by atoms with Gasteiger partial charge in [0.2, 0.25) is 0 Å². The normalized spacial score (nSPS) is 16.7. The average Bonchev–Trinajstić information content (AvgIpc) is 0.718. The van der Waals surface area contributed by atoms with Crippen molar-refractivity contribution >= 4 is 0 Å². The predicted molar refractivity (Wildman–Crippen MR) is 464 cm³/mol. The van der Waals surface area contributed by atoms with E-state index in [1.54, 1.807) is 39.0 Å². The van der Waals surface area contributed by atoms with Crippen molar-refractivity contribution in [3.05, 3.63) is 236 Å². The fourth-order valence-electron chi connectivity index (χ4n) is 12.2. The van der Waals surface area contributed by atoms with Crippen LogP contribution in [-0.2, 0) is 64.4 Å². The van der Waals surface area contributed by atoms with Crippen molar-refractivity contribution in [2.24, 2.45) is 38.4 Å².